The molecule has 1 aliphatic heterocycles. The van der Waals surface area contributed by atoms with Gasteiger partial charge in [-0.3, -0.25) is 14.4 Å². The van der Waals surface area contributed by atoms with E-state index in [4.69, 9.17) is 39.9 Å². The molecule has 2 heterocycles. The first kappa shape index (κ1) is 37.2. The van der Waals surface area contributed by atoms with E-state index in [9.17, 15) is 24.0 Å². The number of methoxy groups -OCH3 is 1. The van der Waals surface area contributed by atoms with Crippen molar-refractivity contribution in [2.45, 2.75) is 96.0 Å². The Kier molecular flexibility index (Phi) is 12.7. The van der Waals surface area contributed by atoms with Crippen molar-refractivity contribution < 1.29 is 52.4 Å². The van der Waals surface area contributed by atoms with Crippen molar-refractivity contribution in [1.29, 1.82) is 0 Å². The molecular formula is C34H46N2O11. The van der Waals surface area contributed by atoms with Gasteiger partial charge in [0.25, 0.3) is 0 Å². The van der Waals surface area contributed by atoms with Crippen LogP contribution >= 0.6 is 0 Å². The summed E-state index contributed by atoms with van der Waals surface area (Å²) in [6.07, 6.45) is 12.2. The summed E-state index contributed by atoms with van der Waals surface area (Å²) in [5.74, 6) is -2.66. The van der Waals surface area contributed by atoms with E-state index >= 15 is 0 Å². The van der Waals surface area contributed by atoms with E-state index in [0.717, 1.165) is 12.8 Å². The molecule has 13 heteroatoms. The number of carboxylic acid groups (broad SMARTS) is 1. The number of ether oxygens (including phenoxy) is 4. The fraction of sp³-hybridized carbons (Fsp3) is 0.559. The molecule has 0 amide bonds. The molecule has 0 aromatic carbocycles. The van der Waals surface area contributed by atoms with Crippen LogP contribution in [0.4, 0.5) is 0 Å². The van der Waals surface area contributed by atoms with Crippen LogP contribution in [0, 0.1) is 11.3 Å². The van der Waals surface area contributed by atoms with E-state index in [0.29, 0.717) is 55.6 Å². The van der Waals surface area contributed by atoms with Crippen LogP contribution in [0.3, 0.4) is 0 Å². The number of carbonyl (C=O) groups is 5. The Labute approximate surface area is 274 Å². The molecule has 1 saturated carbocycles. The fourth-order valence-electron chi connectivity index (χ4n) is 6.73. The number of aliphatic carboxylic acids is 1. The highest BCUT2D eigenvalue weighted by Crippen LogP contribution is 2.65. The lowest BCUT2D eigenvalue weighted by molar-refractivity contribution is -0.235. The quantitative estimate of drug-likeness (QED) is 0.0965. The van der Waals surface area contributed by atoms with Gasteiger partial charge in [0.2, 0.25) is 0 Å². The molecular weight excluding hydrogens is 612 g/mol. The van der Waals surface area contributed by atoms with Gasteiger partial charge in [0, 0.05) is 24.0 Å². The maximum atomic E-state index is 13.6. The van der Waals surface area contributed by atoms with Gasteiger partial charge >= 0.3 is 29.8 Å². The summed E-state index contributed by atoms with van der Waals surface area (Å²) in [5, 5.41) is 8.33. The molecule has 2 bridgehead atoms. The van der Waals surface area contributed by atoms with Crippen LogP contribution < -0.4 is 11.5 Å². The maximum Gasteiger partial charge on any atom is 0.334 e. The fourth-order valence-corrected chi connectivity index (χ4v) is 6.73. The smallest absolute Gasteiger partial charge is 0.334 e. The lowest BCUT2D eigenvalue weighted by Crippen LogP contribution is -2.65. The third kappa shape index (κ3) is 8.38. The molecule has 1 unspecified atom stereocenters. The van der Waals surface area contributed by atoms with E-state index in [2.05, 4.69) is 0 Å². The number of hydrogen-bond acceptors (Lipinski definition) is 12. The Morgan fingerprint density at radius 3 is 2.55 bits per heavy atom. The van der Waals surface area contributed by atoms with Crippen LogP contribution in [0.15, 0.2) is 58.3 Å². The highest BCUT2D eigenvalue weighted by Gasteiger charge is 2.74. The van der Waals surface area contributed by atoms with Gasteiger partial charge in [-0.05, 0) is 83.5 Å². The Balaban J connectivity index is 0.000000520. The zero-order valence-corrected chi connectivity index (χ0v) is 27.5. The number of furan rings is 1. The zero-order valence-electron chi connectivity index (χ0n) is 27.5. The predicted octanol–water partition coefficient (Wildman–Crippen LogP) is 3.65. The summed E-state index contributed by atoms with van der Waals surface area (Å²) in [5.41, 5.74) is 7.92. The van der Waals surface area contributed by atoms with Crippen LogP contribution in [0.2, 0.25) is 0 Å². The van der Waals surface area contributed by atoms with Crippen molar-refractivity contribution in [3.05, 3.63) is 59.6 Å². The topological polar surface area (TPSA) is 208 Å². The Hall–Kier alpha value is -4.23. The van der Waals surface area contributed by atoms with Crippen molar-refractivity contribution in [3.63, 3.8) is 0 Å². The Morgan fingerprint density at radius 2 is 1.94 bits per heavy atom. The number of carbonyl (C=O) groups excluding carboxylic acids is 4. The van der Waals surface area contributed by atoms with E-state index in [1.807, 2.05) is 0 Å². The second-order valence-electron chi connectivity index (χ2n) is 12.2. The summed E-state index contributed by atoms with van der Waals surface area (Å²) in [6.45, 7) is 5.36. The summed E-state index contributed by atoms with van der Waals surface area (Å²) in [6, 6.07) is 2.70. The highest BCUT2D eigenvalue weighted by molar-refractivity contribution is 5.90. The number of rotatable bonds is 12. The second-order valence-corrected chi connectivity index (χ2v) is 12.2. The van der Waals surface area contributed by atoms with E-state index in [1.165, 1.54) is 20.3 Å². The average Bonchev–Trinajstić information content (AvgIpc) is 3.59. The summed E-state index contributed by atoms with van der Waals surface area (Å²) in [7, 11) is 1.31. The molecule has 3 aliphatic rings. The monoisotopic (exact) mass is 658 g/mol. The van der Waals surface area contributed by atoms with Crippen LogP contribution in [0.1, 0.15) is 77.9 Å². The molecule has 258 valence electrons. The van der Waals surface area contributed by atoms with Crippen molar-refractivity contribution in [3.8, 4) is 0 Å². The lowest BCUT2D eigenvalue weighted by atomic mass is 9.62. The number of cyclic esters (lactones) is 1. The molecule has 4 rings (SSSR count). The van der Waals surface area contributed by atoms with Crippen LogP contribution in [-0.2, 0) is 49.5 Å². The largest absolute Gasteiger partial charge is 0.480 e. The van der Waals surface area contributed by atoms with E-state index in [-0.39, 0.29) is 18.9 Å². The van der Waals surface area contributed by atoms with Crippen molar-refractivity contribution in [2.75, 3.05) is 13.7 Å². The van der Waals surface area contributed by atoms with Gasteiger partial charge in [-0.15, -0.1) is 0 Å². The van der Waals surface area contributed by atoms with Crippen molar-refractivity contribution in [1.82, 2.24) is 0 Å². The van der Waals surface area contributed by atoms with Gasteiger partial charge in [-0.1, -0.05) is 24.6 Å². The Bertz CT molecular complexity index is 1400. The number of nitrogens with two attached hydrogens (primary N) is 2. The zero-order chi connectivity index (χ0) is 34.8. The van der Waals surface area contributed by atoms with Crippen LogP contribution in [0.25, 0.3) is 0 Å². The van der Waals surface area contributed by atoms with Crippen molar-refractivity contribution >= 4 is 29.8 Å². The number of esters is 4. The molecule has 0 spiro atoms. The molecule has 5 atom stereocenters. The molecule has 2 fully saturated rings. The van der Waals surface area contributed by atoms with E-state index in [1.54, 1.807) is 50.3 Å². The number of hydrogen-bond donors (Lipinski definition) is 3. The summed E-state index contributed by atoms with van der Waals surface area (Å²) >= 11 is 0. The van der Waals surface area contributed by atoms with Crippen LogP contribution in [0.5, 0.6) is 0 Å². The standard InChI is InChI=1S/C28H32O9.C6H14N2O2/c1-18(23(30)35-17-21-8-6-16-34-21)7-5-12-26(3)22-11-14-27(25(32)37-26)13-9-20(24(31)33-4)10-15-28(22,27)36-19(2)29;7-4-2-1-3-5(8)6(9)10/h5-9,12,16,22H,10-11,13-15,17H2,1-4H3;5H,1-4,7-8H2,(H,9,10)/b12-5+,18-7+;/t22-,26+,27+,28-;/m0./s1. The van der Waals surface area contributed by atoms with Crippen molar-refractivity contribution in [2.24, 2.45) is 22.8 Å². The third-order valence-corrected chi connectivity index (χ3v) is 9.17. The van der Waals surface area contributed by atoms with Gasteiger partial charge < -0.3 is 39.9 Å². The molecule has 1 saturated heterocycles. The molecule has 47 heavy (non-hydrogen) atoms. The predicted molar refractivity (Wildman–Crippen MR) is 168 cm³/mol. The van der Waals surface area contributed by atoms with Gasteiger partial charge in [-0.2, -0.15) is 0 Å². The Morgan fingerprint density at radius 1 is 1.19 bits per heavy atom. The third-order valence-electron chi connectivity index (χ3n) is 9.17. The lowest BCUT2D eigenvalue weighted by Gasteiger charge is -2.54. The minimum Gasteiger partial charge on any atom is -0.480 e. The van der Waals surface area contributed by atoms with Gasteiger partial charge in [0.1, 0.15) is 35.0 Å². The maximum absolute atomic E-state index is 13.6. The first-order valence-corrected chi connectivity index (χ1v) is 15.7. The molecule has 1 aromatic heterocycles. The average molecular weight is 659 g/mol. The minimum atomic E-state index is -1.14. The summed E-state index contributed by atoms with van der Waals surface area (Å²) in [4.78, 5) is 60.7. The normalized spacial score (nSPS) is 27.3. The van der Waals surface area contributed by atoms with E-state index < -0.39 is 52.5 Å². The van der Waals surface area contributed by atoms with Gasteiger partial charge in [0.05, 0.1) is 13.4 Å². The summed E-state index contributed by atoms with van der Waals surface area (Å²) < 4.78 is 27.4. The number of allylic oxidation sites excluding steroid dienone is 3. The second kappa shape index (κ2) is 16.1. The van der Waals surface area contributed by atoms with Gasteiger partial charge in [0.15, 0.2) is 0 Å². The first-order chi connectivity index (χ1) is 22.2. The molecule has 0 radical (unpaired) electrons. The molecule has 13 nitrogen and oxygen atoms in total. The number of unbranched alkanes of at least 4 members (excludes halogenated alkanes) is 1. The number of carboxylic acids is 1. The highest BCUT2D eigenvalue weighted by atomic mass is 16.6. The molecule has 1 aromatic rings. The van der Waals surface area contributed by atoms with Crippen LogP contribution in [-0.4, -0.2) is 65.9 Å². The SMILES string of the molecule is COC(=O)C1=CC[C@@]23CC[C@@H]([C@@](C)(/C=C/C=C(\C)C(=O)OCc4ccco4)OC2=O)[C@@]3(OC(C)=O)CC1.NCCCCC(N)C(=O)O. The minimum absolute atomic E-state index is 0.0206. The first-order valence-electron chi connectivity index (χ1n) is 15.7. The van der Waals surface area contributed by atoms with Gasteiger partial charge in [-0.25, -0.2) is 9.59 Å². The molecule has 5 N–H and O–H groups in total. The molecule has 2 aliphatic carbocycles.